The summed E-state index contributed by atoms with van der Waals surface area (Å²) >= 11 is 0. The zero-order valence-corrected chi connectivity index (χ0v) is 10.7. The van der Waals surface area contributed by atoms with Crippen LogP contribution in [0.15, 0.2) is 36.7 Å². The van der Waals surface area contributed by atoms with E-state index in [0.717, 1.165) is 18.0 Å². The minimum absolute atomic E-state index is 0.245. The number of hydrogen-bond acceptors (Lipinski definition) is 4. The molecule has 96 valence electrons. The highest BCUT2D eigenvalue weighted by molar-refractivity contribution is 5.60. The predicted octanol–water partition coefficient (Wildman–Crippen LogP) is 2.10. The standard InChI is InChI=1S/C13H18N4O/c1-3-18-10-11(2)15-12-6-4-5-7-13(12)17-9-8-14-16-17/h4-9,11,15H,3,10H2,1-2H3. The van der Waals surface area contributed by atoms with Gasteiger partial charge in [0.15, 0.2) is 0 Å². The van der Waals surface area contributed by atoms with E-state index in [2.05, 4.69) is 22.6 Å². The summed E-state index contributed by atoms with van der Waals surface area (Å²) in [5.41, 5.74) is 2.01. The molecule has 1 aromatic heterocycles. The third kappa shape index (κ3) is 3.07. The van der Waals surface area contributed by atoms with Crippen molar-refractivity contribution in [2.24, 2.45) is 0 Å². The van der Waals surface area contributed by atoms with Crippen molar-refractivity contribution in [3.05, 3.63) is 36.7 Å². The second kappa shape index (κ2) is 6.16. The first-order valence-electron chi connectivity index (χ1n) is 6.11. The average molecular weight is 246 g/mol. The van der Waals surface area contributed by atoms with Crippen molar-refractivity contribution in [2.45, 2.75) is 19.9 Å². The lowest BCUT2D eigenvalue weighted by Gasteiger charge is -2.17. The molecule has 0 radical (unpaired) electrons. The van der Waals surface area contributed by atoms with Crippen LogP contribution in [0.25, 0.3) is 5.69 Å². The van der Waals surface area contributed by atoms with E-state index in [0.29, 0.717) is 6.61 Å². The number of benzene rings is 1. The van der Waals surface area contributed by atoms with Crippen LogP contribution in [-0.2, 0) is 4.74 Å². The van der Waals surface area contributed by atoms with E-state index < -0.39 is 0 Å². The van der Waals surface area contributed by atoms with E-state index in [4.69, 9.17) is 4.74 Å². The lowest BCUT2D eigenvalue weighted by Crippen LogP contribution is -2.22. The molecule has 1 unspecified atom stereocenters. The molecule has 0 fully saturated rings. The molecule has 2 aromatic rings. The van der Waals surface area contributed by atoms with E-state index in [1.807, 2.05) is 37.4 Å². The molecule has 1 N–H and O–H groups in total. The van der Waals surface area contributed by atoms with E-state index in [-0.39, 0.29) is 6.04 Å². The summed E-state index contributed by atoms with van der Waals surface area (Å²) < 4.78 is 7.15. The van der Waals surface area contributed by atoms with Crippen LogP contribution in [-0.4, -0.2) is 34.2 Å². The van der Waals surface area contributed by atoms with Crippen molar-refractivity contribution in [3.8, 4) is 5.69 Å². The molecule has 0 bridgehead atoms. The number of para-hydroxylation sites is 2. The molecule has 1 atom stereocenters. The van der Waals surface area contributed by atoms with Gasteiger partial charge in [0, 0.05) is 12.6 Å². The summed E-state index contributed by atoms with van der Waals surface area (Å²) in [6.45, 7) is 5.50. The highest BCUT2D eigenvalue weighted by Crippen LogP contribution is 2.19. The number of ether oxygens (including phenoxy) is 1. The van der Waals surface area contributed by atoms with Crippen molar-refractivity contribution < 1.29 is 4.74 Å². The predicted molar refractivity (Wildman–Crippen MR) is 70.9 cm³/mol. The highest BCUT2D eigenvalue weighted by atomic mass is 16.5. The maximum atomic E-state index is 5.40. The lowest BCUT2D eigenvalue weighted by molar-refractivity contribution is 0.141. The first-order valence-corrected chi connectivity index (χ1v) is 6.11. The summed E-state index contributed by atoms with van der Waals surface area (Å²) in [4.78, 5) is 0. The summed E-state index contributed by atoms with van der Waals surface area (Å²) in [5, 5.41) is 11.3. The molecule has 5 heteroatoms. The molecular formula is C13H18N4O. The first-order chi connectivity index (χ1) is 8.81. The molecule has 0 amide bonds. The Morgan fingerprint density at radius 2 is 2.22 bits per heavy atom. The maximum absolute atomic E-state index is 5.40. The number of aromatic nitrogens is 3. The molecule has 2 rings (SSSR count). The fourth-order valence-electron chi connectivity index (χ4n) is 1.73. The van der Waals surface area contributed by atoms with Crippen LogP contribution in [0.2, 0.25) is 0 Å². The van der Waals surface area contributed by atoms with Gasteiger partial charge in [-0.25, -0.2) is 4.68 Å². The third-order valence-electron chi connectivity index (χ3n) is 2.55. The number of nitrogens with one attached hydrogen (secondary N) is 1. The van der Waals surface area contributed by atoms with Gasteiger partial charge >= 0.3 is 0 Å². The quantitative estimate of drug-likeness (QED) is 0.848. The van der Waals surface area contributed by atoms with E-state index in [9.17, 15) is 0 Å². The van der Waals surface area contributed by atoms with Gasteiger partial charge in [-0.15, -0.1) is 5.10 Å². The van der Waals surface area contributed by atoms with Crippen LogP contribution in [0.1, 0.15) is 13.8 Å². The van der Waals surface area contributed by atoms with Gasteiger partial charge in [0.2, 0.25) is 0 Å². The summed E-state index contributed by atoms with van der Waals surface area (Å²) in [6, 6.07) is 8.25. The van der Waals surface area contributed by atoms with Gasteiger partial charge in [-0.3, -0.25) is 0 Å². The normalized spacial score (nSPS) is 12.3. The Morgan fingerprint density at radius 3 is 2.94 bits per heavy atom. The molecule has 1 heterocycles. The van der Waals surface area contributed by atoms with Gasteiger partial charge in [-0.2, -0.15) is 0 Å². The fourth-order valence-corrected chi connectivity index (χ4v) is 1.73. The highest BCUT2D eigenvalue weighted by Gasteiger charge is 2.07. The molecule has 0 aliphatic rings. The van der Waals surface area contributed by atoms with Crippen molar-refractivity contribution >= 4 is 5.69 Å². The molecule has 0 aliphatic heterocycles. The summed E-state index contributed by atoms with van der Waals surface area (Å²) in [5.74, 6) is 0. The molecule has 0 spiro atoms. The molecule has 0 saturated carbocycles. The molecule has 5 nitrogen and oxygen atoms in total. The Morgan fingerprint density at radius 1 is 1.39 bits per heavy atom. The van der Waals surface area contributed by atoms with Crippen molar-refractivity contribution in [3.63, 3.8) is 0 Å². The van der Waals surface area contributed by atoms with Gasteiger partial charge in [0.1, 0.15) is 0 Å². The molecular weight excluding hydrogens is 228 g/mol. The Kier molecular flexibility index (Phi) is 4.30. The van der Waals surface area contributed by atoms with Crippen LogP contribution >= 0.6 is 0 Å². The Balaban J connectivity index is 2.13. The van der Waals surface area contributed by atoms with Crippen molar-refractivity contribution in [1.82, 2.24) is 15.0 Å². The number of anilines is 1. The Labute approximate surface area is 107 Å². The second-order valence-electron chi connectivity index (χ2n) is 4.07. The average Bonchev–Trinajstić information content (AvgIpc) is 2.91. The molecule has 18 heavy (non-hydrogen) atoms. The lowest BCUT2D eigenvalue weighted by atomic mass is 10.2. The van der Waals surface area contributed by atoms with Gasteiger partial charge in [0.25, 0.3) is 0 Å². The minimum Gasteiger partial charge on any atom is -0.380 e. The fraction of sp³-hybridized carbons (Fsp3) is 0.385. The molecule has 0 saturated heterocycles. The Hall–Kier alpha value is -1.88. The van der Waals surface area contributed by atoms with Crippen molar-refractivity contribution in [2.75, 3.05) is 18.5 Å². The monoisotopic (exact) mass is 246 g/mol. The van der Waals surface area contributed by atoms with Gasteiger partial charge in [-0.05, 0) is 26.0 Å². The SMILES string of the molecule is CCOCC(C)Nc1ccccc1-n1ccnn1. The largest absolute Gasteiger partial charge is 0.380 e. The molecule has 1 aromatic carbocycles. The van der Waals surface area contributed by atoms with Crippen LogP contribution in [0.4, 0.5) is 5.69 Å². The summed E-state index contributed by atoms with van der Waals surface area (Å²) in [7, 11) is 0. The summed E-state index contributed by atoms with van der Waals surface area (Å²) in [6.07, 6.45) is 3.49. The Bertz CT molecular complexity index is 470. The molecule has 0 aliphatic carbocycles. The smallest absolute Gasteiger partial charge is 0.0894 e. The van der Waals surface area contributed by atoms with Gasteiger partial charge in [-0.1, -0.05) is 17.3 Å². The first kappa shape index (κ1) is 12.6. The van der Waals surface area contributed by atoms with Crippen LogP contribution in [0.5, 0.6) is 0 Å². The third-order valence-corrected chi connectivity index (χ3v) is 2.55. The van der Waals surface area contributed by atoms with Crippen LogP contribution in [0.3, 0.4) is 0 Å². The zero-order valence-electron chi connectivity index (χ0n) is 10.7. The van der Waals surface area contributed by atoms with Crippen LogP contribution in [0, 0.1) is 0 Å². The van der Waals surface area contributed by atoms with E-state index >= 15 is 0 Å². The number of rotatable bonds is 6. The van der Waals surface area contributed by atoms with Gasteiger partial charge < -0.3 is 10.1 Å². The number of hydrogen-bond donors (Lipinski definition) is 1. The topological polar surface area (TPSA) is 52.0 Å². The maximum Gasteiger partial charge on any atom is 0.0894 e. The van der Waals surface area contributed by atoms with Gasteiger partial charge in [0.05, 0.1) is 30.4 Å². The van der Waals surface area contributed by atoms with E-state index in [1.54, 1.807) is 10.9 Å². The van der Waals surface area contributed by atoms with Crippen molar-refractivity contribution in [1.29, 1.82) is 0 Å². The minimum atomic E-state index is 0.245. The van der Waals surface area contributed by atoms with E-state index in [1.165, 1.54) is 0 Å². The second-order valence-corrected chi connectivity index (χ2v) is 4.07. The zero-order chi connectivity index (χ0) is 12.8. The van der Waals surface area contributed by atoms with Crippen LogP contribution < -0.4 is 5.32 Å². The number of nitrogens with zero attached hydrogens (tertiary/aromatic N) is 3.